The molecule has 0 fully saturated rings. The molecule has 1 aromatic carbocycles. The molecule has 0 atom stereocenters. The SMILES string of the molecule is O=S(=O)(Oc1c(F)c(F)c(F)c(F)c1F)c1ncccc1C(F)(F)F. The molecule has 4 nitrogen and oxygen atoms in total. The molecule has 0 saturated heterocycles. The van der Waals surface area contributed by atoms with Gasteiger partial charge in [0.25, 0.3) is 0 Å². The molecule has 0 aliphatic carbocycles. The van der Waals surface area contributed by atoms with Crippen LogP contribution in [0.15, 0.2) is 23.4 Å². The normalized spacial score (nSPS) is 12.3. The van der Waals surface area contributed by atoms with Gasteiger partial charge in [-0.25, -0.2) is 18.2 Å². The van der Waals surface area contributed by atoms with Gasteiger partial charge in [0, 0.05) is 6.20 Å². The van der Waals surface area contributed by atoms with Crippen molar-refractivity contribution in [2.24, 2.45) is 0 Å². The smallest absolute Gasteiger partial charge is 0.371 e. The quantitative estimate of drug-likeness (QED) is 0.346. The summed E-state index contributed by atoms with van der Waals surface area (Å²) in [5, 5.41) is -1.81. The van der Waals surface area contributed by atoms with Gasteiger partial charge in [-0.15, -0.1) is 0 Å². The fourth-order valence-corrected chi connectivity index (χ4v) is 2.70. The molecule has 1 aromatic heterocycles. The summed E-state index contributed by atoms with van der Waals surface area (Å²) in [6.45, 7) is 0. The molecule has 0 unspecified atom stereocenters. The van der Waals surface area contributed by atoms with E-state index in [9.17, 15) is 43.5 Å². The molecule has 136 valence electrons. The van der Waals surface area contributed by atoms with Gasteiger partial charge in [-0.2, -0.15) is 30.4 Å². The van der Waals surface area contributed by atoms with E-state index in [2.05, 4.69) is 9.17 Å². The zero-order chi connectivity index (χ0) is 19.2. The highest BCUT2D eigenvalue weighted by atomic mass is 32.2. The number of halogens is 8. The number of pyridine rings is 1. The molecule has 2 rings (SSSR count). The zero-order valence-electron chi connectivity index (χ0n) is 11.3. The van der Waals surface area contributed by atoms with Gasteiger partial charge >= 0.3 is 16.3 Å². The van der Waals surface area contributed by atoms with E-state index >= 15 is 0 Å². The van der Waals surface area contributed by atoms with E-state index in [0.717, 1.165) is 0 Å². The molecule has 0 radical (unpaired) electrons. The molecule has 0 aliphatic heterocycles. The third-order valence-corrected chi connectivity index (χ3v) is 3.86. The standard InChI is InChI=1S/C12H3F8NO3S/c13-5-6(14)8(16)10(9(17)7(5)15)24-25(22,23)11-4(12(18,19)20)2-1-3-21-11/h1-3H. The molecular formula is C12H3F8NO3S. The number of hydrogen-bond donors (Lipinski definition) is 0. The third kappa shape index (κ3) is 3.36. The maximum absolute atomic E-state index is 13.4. The fourth-order valence-electron chi connectivity index (χ4n) is 1.61. The van der Waals surface area contributed by atoms with E-state index in [0.29, 0.717) is 12.3 Å². The van der Waals surface area contributed by atoms with Crippen molar-refractivity contribution in [2.75, 3.05) is 0 Å². The van der Waals surface area contributed by atoms with Crippen molar-refractivity contribution in [3.63, 3.8) is 0 Å². The maximum atomic E-state index is 13.4. The van der Waals surface area contributed by atoms with Crippen LogP contribution in [0.4, 0.5) is 35.1 Å². The Balaban J connectivity index is 2.64. The van der Waals surface area contributed by atoms with E-state index in [-0.39, 0.29) is 6.07 Å². The van der Waals surface area contributed by atoms with Crippen LogP contribution in [-0.2, 0) is 16.3 Å². The molecule has 2 aromatic rings. The summed E-state index contributed by atoms with van der Waals surface area (Å²) in [6.07, 6.45) is -4.67. The van der Waals surface area contributed by atoms with Gasteiger partial charge in [0.2, 0.25) is 39.9 Å². The van der Waals surface area contributed by atoms with Crippen molar-refractivity contribution in [2.45, 2.75) is 11.2 Å². The first-order valence-corrected chi connectivity index (χ1v) is 7.27. The second kappa shape index (κ2) is 6.13. The molecule has 1 heterocycles. The van der Waals surface area contributed by atoms with E-state index in [4.69, 9.17) is 0 Å². The van der Waals surface area contributed by atoms with E-state index < -0.39 is 61.7 Å². The number of rotatable bonds is 3. The average molecular weight is 393 g/mol. The number of hydrogen-bond acceptors (Lipinski definition) is 4. The number of nitrogens with zero attached hydrogens (tertiary/aromatic N) is 1. The lowest BCUT2D eigenvalue weighted by Crippen LogP contribution is -2.20. The Labute approximate surface area is 133 Å². The topological polar surface area (TPSA) is 56.3 Å². The van der Waals surface area contributed by atoms with Gasteiger partial charge in [-0.3, -0.25) is 0 Å². The van der Waals surface area contributed by atoms with E-state index in [1.165, 1.54) is 0 Å². The number of aromatic nitrogens is 1. The number of benzene rings is 1. The van der Waals surface area contributed by atoms with Crippen LogP contribution in [0.5, 0.6) is 5.75 Å². The van der Waals surface area contributed by atoms with Gasteiger partial charge in [-0.05, 0) is 12.1 Å². The highest BCUT2D eigenvalue weighted by Crippen LogP contribution is 2.35. The molecule has 0 bridgehead atoms. The van der Waals surface area contributed by atoms with Crippen molar-refractivity contribution in [1.82, 2.24) is 4.98 Å². The first kappa shape index (κ1) is 18.9. The van der Waals surface area contributed by atoms with Crippen LogP contribution in [0, 0.1) is 29.1 Å². The summed E-state index contributed by atoms with van der Waals surface area (Å²) < 4.78 is 131. The van der Waals surface area contributed by atoms with E-state index in [1.807, 2.05) is 0 Å². The Hall–Kier alpha value is -2.44. The van der Waals surface area contributed by atoms with Crippen molar-refractivity contribution in [3.05, 3.63) is 53.0 Å². The highest BCUT2D eigenvalue weighted by Gasteiger charge is 2.40. The summed E-state index contributed by atoms with van der Waals surface area (Å²) in [4.78, 5) is 2.90. The van der Waals surface area contributed by atoms with E-state index in [1.54, 1.807) is 0 Å². The largest absolute Gasteiger partial charge is 0.419 e. The van der Waals surface area contributed by atoms with Gasteiger partial charge in [0.1, 0.15) is 0 Å². The van der Waals surface area contributed by atoms with Gasteiger partial charge < -0.3 is 4.18 Å². The summed E-state index contributed by atoms with van der Waals surface area (Å²) >= 11 is 0. The molecule has 0 N–H and O–H groups in total. The minimum atomic E-state index is -5.69. The first-order chi connectivity index (χ1) is 11.4. The Morgan fingerprint density at radius 1 is 0.880 bits per heavy atom. The fraction of sp³-hybridized carbons (Fsp3) is 0.0833. The predicted molar refractivity (Wildman–Crippen MR) is 63.3 cm³/mol. The van der Waals surface area contributed by atoms with Crippen molar-refractivity contribution in [3.8, 4) is 5.75 Å². The lowest BCUT2D eigenvalue weighted by Gasteiger charge is -2.13. The Kier molecular flexibility index (Phi) is 4.63. The minimum absolute atomic E-state index is 0.266. The Morgan fingerprint density at radius 3 is 1.84 bits per heavy atom. The predicted octanol–water partition coefficient (Wildman–Crippen LogP) is 3.56. The first-order valence-electron chi connectivity index (χ1n) is 5.86. The highest BCUT2D eigenvalue weighted by molar-refractivity contribution is 7.87. The van der Waals surface area contributed by atoms with Crippen LogP contribution >= 0.6 is 0 Å². The molecule has 25 heavy (non-hydrogen) atoms. The van der Waals surface area contributed by atoms with Gasteiger partial charge in [0.05, 0.1) is 5.56 Å². The number of alkyl halides is 3. The molecule has 0 saturated carbocycles. The lowest BCUT2D eigenvalue weighted by molar-refractivity contribution is -0.140. The van der Waals surface area contributed by atoms with Crippen LogP contribution in [0.25, 0.3) is 0 Å². The Morgan fingerprint density at radius 2 is 1.36 bits per heavy atom. The van der Waals surface area contributed by atoms with Crippen LogP contribution < -0.4 is 4.18 Å². The average Bonchev–Trinajstić information content (AvgIpc) is 2.54. The van der Waals surface area contributed by atoms with Crippen LogP contribution in [0.1, 0.15) is 5.56 Å². The summed E-state index contributed by atoms with van der Waals surface area (Å²) in [6, 6.07) is 0.974. The monoisotopic (exact) mass is 393 g/mol. The summed E-state index contributed by atoms with van der Waals surface area (Å²) in [5.74, 6) is -15.3. The van der Waals surface area contributed by atoms with Crippen molar-refractivity contribution >= 4 is 10.1 Å². The van der Waals surface area contributed by atoms with Crippen LogP contribution in [-0.4, -0.2) is 13.4 Å². The molecular weight excluding hydrogens is 390 g/mol. The summed E-state index contributed by atoms with van der Waals surface area (Å²) in [5.41, 5.74) is -1.86. The molecule has 0 aliphatic rings. The van der Waals surface area contributed by atoms with Crippen molar-refractivity contribution < 1.29 is 47.7 Å². The second-order valence-corrected chi connectivity index (χ2v) is 5.75. The lowest BCUT2D eigenvalue weighted by atomic mass is 10.3. The van der Waals surface area contributed by atoms with Crippen LogP contribution in [0.2, 0.25) is 0 Å². The third-order valence-electron chi connectivity index (χ3n) is 2.68. The molecule has 0 spiro atoms. The molecule has 13 heteroatoms. The second-order valence-electron chi connectivity index (χ2n) is 4.29. The van der Waals surface area contributed by atoms with Crippen LogP contribution in [0.3, 0.4) is 0 Å². The Bertz CT molecular complexity index is 913. The minimum Gasteiger partial charge on any atom is -0.371 e. The maximum Gasteiger partial charge on any atom is 0.419 e. The molecule has 0 amide bonds. The van der Waals surface area contributed by atoms with Crippen molar-refractivity contribution in [1.29, 1.82) is 0 Å². The summed E-state index contributed by atoms with van der Waals surface area (Å²) in [7, 11) is -5.69. The van der Waals surface area contributed by atoms with Gasteiger partial charge in [0.15, 0.2) is 0 Å². The zero-order valence-corrected chi connectivity index (χ0v) is 12.2. The van der Waals surface area contributed by atoms with Gasteiger partial charge in [-0.1, -0.05) is 0 Å².